The molecule has 0 aromatic carbocycles. The monoisotopic (exact) mass is 383 g/mol. The Balaban J connectivity index is 1.59. The first-order chi connectivity index (χ1) is 13.1. The van der Waals surface area contributed by atoms with Gasteiger partial charge in [0.25, 0.3) is 0 Å². The van der Waals surface area contributed by atoms with Crippen molar-refractivity contribution in [3.8, 4) is 11.1 Å². The number of aromatic nitrogens is 4. The molecule has 0 N–H and O–H groups in total. The van der Waals surface area contributed by atoms with Crippen molar-refractivity contribution < 1.29 is 0 Å². The maximum Gasteiger partial charge on any atom is 0.150 e. The first-order valence-electron chi connectivity index (χ1n) is 9.96. The van der Waals surface area contributed by atoms with Crippen molar-refractivity contribution in [2.45, 2.75) is 51.0 Å². The second-order valence-corrected chi connectivity index (χ2v) is 8.35. The molecule has 0 spiro atoms. The lowest BCUT2D eigenvalue weighted by atomic mass is 9.81. The predicted molar refractivity (Wildman–Crippen MR) is 114 cm³/mol. The molecular weight excluding hydrogens is 354 g/mol. The van der Waals surface area contributed by atoms with E-state index in [4.69, 9.17) is 4.98 Å². The smallest absolute Gasteiger partial charge is 0.150 e. The minimum absolute atomic E-state index is 0.609. The van der Waals surface area contributed by atoms with Crippen LogP contribution in [-0.2, 0) is 7.05 Å². The van der Waals surface area contributed by atoms with Crippen molar-refractivity contribution in [1.82, 2.24) is 23.6 Å². The molecule has 0 aliphatic heterocycles. The molecule has 3 heterocycles. The van der Waals surface area contributed by atoms with Crippen molar-refractivity contribution in [2.75, 3.05) is 13.6 Å². The van der Waals surface area contributed by atoms with Crippen molar-refractivity contribution in [3.05, 3.63) is 36.4 Å². The van der Waals surface area contributed by atoms with E-state index in [0.717, 1.165) is 22.8 Å². The quantitative estimate of drug-likeness (QED) is 0.660. The van der Waals surface area contributed by atoms with E-state index < -0.39 is 0 Å². The summed E-state index contributed by atoms with van der Waals surface area (Å²) in [5.74, 6) is 0.609. The van der Waals surface area contributed by atoms with Crippen molar-refractivity contribution in [1.29, 1.82) is 0 Å². The summed E-state index contributed by atoms with van der Waals surface area (Å²) in [5, 5.41) is 5.49. The van der Waals surface area contributed by atoms with Gasteiger partial charge in [-0.15, -0.1) is 0 Å². The molecule has 0 radical (unpaired) electrons. The van der Waals surface area contributed by atoms with E-state index in [-0.39, 0.29) is 0 Å². The molecule has 1 fully saturated rings. The number of hydrogen-bond acceptors (Lipinski definition) is 4. The van der Waals surface area contributed by atoms with Gasteiger partial charge in [0, 0.05) is 48.2 Å². The van der Waals surface area contributed by atoms with Crippen LogP contribution in [0.4, 0.5) is 0 Å². The van der Waals surface area contributed by atoms with Gasteiger partial charge in [0.05, 0.1) is 6.20 Å². The molecule has 5 nitrogen and oxygen atoms in total. The highest BCUT2D eigenvalue weighted by molar-refractivity contribution is 7.78. The molecule has 0 atom stereocenters. The fourth-order valence-electron chi connectivity index (χ4n) is 4.51. The lowest BCUT2D eigenvalue weighted by molar-refractivity contribution is 0.183. The largest absolute Gasteiger partial charge is 0.303 e. The highest BCUT2D eigenvalue weighted by atomic mass is 32.1. The van der Waals surface area contributed by atoms with Crippen LogP contribution in [0.3, 0.4) is 0 Å². The topological polar surface area (TPSA) is 38.9 Å². The molecule has 27 heavy (non-hydrogen) atoms. The molecule has 1 saturated carbocycles. The van der Waals surface area contributed by atoms with Crippen LogP contribution in [0.25, 0.3) is 22.2 Å². The third-order valence-corrected chi connectivity index (χ3v) is 6.33. The minimum atomic E-state index is 0.609. The van der Waals surface area contributed by atoms with Gasteiger partial charge in [-0.3, -0.25) is 8.65 Å². The summed E-state index contributed by atoms with van der Waals surface area (Å²) < 4.78 is 3.65. The maximum absolute atomic E-state index is 4.74. The number of pyridine rings is 1. The SMILES string of the molecule is CCCN(C)[C@H]1CC[C@@H](c2cnc3c(c2)c(-c2cnn(C)c2)cn3S)CC1. The van der Waals surface area contributed by atoms with Crippen LogP contribution in [0, 0.1) is 0 Å². The molecule has 4 rings (SSSR count). The molecule has 1 aliphatic carbocycles. The van der Waals surface area contributed by atoms with Gasteiger partial charge in [0.2, 0.25) is 0 Å². The summed E-state index contributed by atoms with van der Waals surface area (Å²) in [5.41, 5.74) is 4.54. The highest BCUT2D eigenvalue weighted by Crippen LogP contribution is 2.37. The van der Waals surface area contributed by atoms with Gasteiger partial charge in [0.15, 0.2) is 0 Å². The van der Waals surface area contributed by atoms with Crippen LogP contribution in [0.5, 0.6) is 0 Å². The number of aryl methyl sites for hydroxylation is 1. The van der Waals surface area contributed by atoms with Gasteiger partial charge in [-0.05, 0) is 63.2 Å². The first-order valence-corrected chi connectivity index (χ1v) is 10.4. The third-order valence-electron chi connectivity index (χ3n) is 6.03. The van der Waals surface area contributed by atoms with Crippen LogP contribution in [0.1, 0.15) is 50.5 Å². The Morgan fingerprint density at radius 1 is 1.19 bits per heavy atom. The zero-order valence-corrected chi connectivity index (χ0v) is 17.4. The van der Waals surface area contributed by atoms with Crippen LogP contribution in [0.2, 0.25) is 0 Å². The van der Waals surface area contributed by atoms with Gasteiger partial charge < -0.3 is 4.90 Å². The van der Waals surface area contributed by atoms with Gasteiger partial charge in [-0.25, -0.2) is 4.98 Å². The number of hydrogen-bond donors (Lipinski definition) is 1. The Morgan fingerprint density at radius 2 is 1.96 bits per heavy atom. The predicted octanol–water partition coefficient (Wildman–Crippen LogP) is 4.50. The summed E-state index contributed by atoms with van der Waals surface area (Å²) in [6.45, 7) is 3.46. The van der Waals surface area contributed by atoms with Gasteiger partial charge in [-0.1, -0.05) is 19.7 Å². The third kappa shape index (κ3) is 3.65. The average molecular weight is 384 g/mol. The summed E-state index contributed by atoms with van der Waals surface area (Å²) in [6.07, 6.45) is 14.3. The second kappa shape index (κ2) is 7.68. The van der Waals surface area contributed by atoms with E-state index >= 15 is 0 Å². The van der Waals surface area contributed by atoms with Crippen molar-refractivity contribution in [2.24, 2.45) is 7.05 Å². The van der Waals surface area contributed by atoms with Crippen LogP contribution < -0.4 is 0 Å². The second-order valence-electron chi connectivity index (χ2n) is 7.92. The van der Waals surface area contributed by atoms with E-state index in [1.807, 2.05) is 34.3 Å². The van der Waals surface area contributed by atoms with Crippen LogP contribution in [0.15, 0.2) is 30.9 Å². The van der Waals surface area contributed by atoms with Gasteiger partial charge >= 0.3 is 0 Å². The Morgan fingerprint density at radius 3 is 2.63 bits per heavy atom. The molecule has 0 amide bonds. The van der Waals surface area contributed by atoms with Crippen LogP contribution >= 0.6 is 12.8 Å². The average Bonchev–Trinajstić information content (AvgIpc) is 3.25. The first kappa shape index (κ1) is 18.6. The molecule has 6 heteroatoms. The van der Waals surface area contributed by atoms with E-state index in [1.165, 1.54) is 49.6 Å². The summed E-state index contributed by atoms with van der Waals surface area (Å²) >= 11 is 4.57. The van der Waals surface area contributed by atoms with E-state index in [2.05, 4.69) is 49.0 Å². The Kier molecular flexibility index (Phi) is 5.28. The van der Waals surface area contributed by atoms with E-state index in [9.17, 15) is 0 Å². The number of fused-ring (bicyclic) bond motifs is 1. The summed E-state index contributed by atoms with van der Waals surface area (Å²) in [6, 6.07) is 3.07. The zero-order chi connectivity index (χ0) is 19.0. The zero-order valence-electron chi connectivity index (χ0n) is 16.5. The molecule has 1 aliphatic rings. The summed E-state index contributed by atoms with van der Waals surface area (Å²) in [4.78, 5) is 7.28. The lowest BCUT2D eigenvalue weighted by Gasteiger charge is -2.34. The maximum atomic E-state index is 4.74. The molecule has 3 aromatic heterocycles. The van der Waals surface area contributed by atoms with E-state index in [1.54, 1.807) is 0 Å². The molecule has 0 saturated heterocycles. The Labute approximate surface area is 166 Å². The molecule has 0 unspecified atom stereocenters. The lowest BCUT2D eigenvalue weighted by Crippen LogP contribution is -2.35. The normalized spacial score (nSPS) is 20.6. The van der Waals surface area contributed by atoms with E-state index in [0.29, 0.717) is 5.92 Å². The van der Waals surface area contributed by atoms with Gasteiger partial charge in [-0.2, -0.15) is 5.10 Å². The summed E-state index contributed by atoms with van der Waals surface area (Å²) in [7, 11) is 4.22. The van der Waals surface area contributed by atoms with Crippen molar-refractivity contribution >= 4 is 23.8 Å². The number of rotatable bonds is 5. The molecular formula is C21H29N5S. The molecule has 144 valence electrons. The van der Waals surface area contributed by atoms with Gasteiger partial charge in [0.1, 0.15) is 5.65 Å². The highest BCUT2D eigenvalue weighted by Gasteiger charge is 2.25. The molecule has 3 aromatic rings. The number of nitrogens with zero attached hydrogens (tertiary/aromatic N) is 5. The fraction of sp³-hybridized carbons (Fsp3) is 0.524. The fourth-order valence-corrected chi connectivity index (χ4v) is 4.78. The minimum Gasteiger partial charge on any atom is -0.303 e. The van der Waals surface area contributed by atoms with Crippen molar-refractivity contribution in [3.63, 3.8) is 0 Å². The Bertz CT molecular complexity index is 920. The standard InChI is InChI=1S/C21H29N5S/c1-4-9-24(2)18-7-5-15(6-8-18)16-10-19-20(17-12-23-25(3)13-17)14-26(27)21(19)22-11-16/h10-15,18,27H,4-9H2,1-3H3/t15-,18+. The number of thiol groups is 1. The molecule has 0 bridgehead atoms. The Hall–Kier alpha value is -1.79. The van der Waals surface area contributed by atoms with Crippen LogP contribution in [-0.4, -0.2) is 43.3 Å².